The van der Waals surface area contributed by atoms with Crippen LogP contribution in [-0.2, 0) is 22.4 Å². The molecule has 2 aromatic carbocycles. The van der Waals surface area contributed by atoms with Gasteiger partial charge >= 0.3 is 0 Å². The van der Waals surface area contributed by atoms with Crippen LogP contribution in [0.1, 0.15) is 49.8 Å². The van der Waals surface area contributed by atoms with E-state index in [4.69, 9.17) is 9.73 Å². The molecule has 4 nitrogen and oxygen atoms in total. The first-order valence-corrected chi connectivity index (χ1v) is 12.3. The number of hydrogen-bond acceptors (Lipinski definition) is 4. The van der Waals surface area contributed by atoms with E-state index >= 15 is 0 Å². The maximum absolute atomic E-state index is 13.6. The third-order valence-electron chi connectivity index (χ3n) is 7.75. The molecular formula is C30H31NO3. The molecule has 0 aromatic heterocycles. The number of rotatable bonds is 5. The van der Waals surface area contributed by atoms with E-state index in [-0.39, 0.29) is 17.6 Å². The highest BCUT2D eigenvalue weighted by Gasteiger charge is 2.32. The SMILES string of the molecule is CC1=CC2CCC=C(C(=O)C(C)C3CCc4c(cc(OC=O)c5cccc(C)c45)C3)N=C2C=C1. The predicted molar refractivity (Wildman–Crippen MR) is 136 cm³/mol. The van der Waals surface area contributed by atoms with Crippen LogP contribution in [0, 0.1) is 24.7 Å². The maximum atomic E-state index is 13.6. The van der Waals surface area contributed by atoms with E-state index < -0.39 is 0 Å². The number of benzene rings is 2. The van der Waals surface area contributed by atoms with Gasteiger partial charge in [0.25, 0.3) is 6.47 Å². The molecule has 2 aliphatic carbocycles. The third kappa shape index (κ3) is 4.06. The second-order valence-corrected chi connectivity index (χ2v) is 9.93. The molecule has 0 radical (unpaired) electrons. The zero-order chi connectivity index (χ0) is 23.8. The minimum absolute atomic E-state index is 0.117. The summed E-state index contributed by atoms with van der Waals surface area (Å²) in [7, 11) is 0. The number of allylic oxidation sites excluding steroid dienone is 6. The fourth-order valence-corrected chi connectivity index (χ4v) is 5.85. The van der Waals surface area contributed by atoms with E-state index in [9.17, 15) is 9.59 Å². The number of ether oxygens (including phenoxy) is 1. The van der Waals surface area contributed by atoms with Gasteiger partial charge < -0.3 is 4.74 Å². The minimum atomic E-state index is -0.117. The summed E-state index contributed by atoms with van der Waals surface area (Å²) in [6, 6.07) is 8.12. The predicted octanol–water partition coefficient (Wildman–Crippen LogP) is 6.24. The molecule has 34 heavy (non-hydrogen) atoms. The van der Waals surface area contributed by atoms with Gasteiger partial charge in [-0.05, 0) is 86.1 Å². The van der Waals surface area contributed by atoms with Crippen molar-refractivity contribution in [1.82, 2.24) is 0 Å². The van der Waals surface area contributed by atoms with Crippen molar-refractivity contribution < 1.29 is 14.3 Å². The van der Waals surface area contributed by atoms with Crippen molar-refractivity contribution in [1.29, 1.82) is 0 Å². The van der Waals surface area contributed by atoms with Gasteiger partial charge in [0.1, 0.15) is 11.4 Å². The normalized spacial score (nSPS) is 22.5. The molecule has 0 saturated carbocycles. The Balaban J connectivity index is 1.42. The Morgan fingerprint density at radius 1 is 1.21 bits per heavy atom. The van der Waals surface area contributed by atoms with Gasteiger partial charge in [-0.25, -0.2) is 4.99 Å². The zero-order valence-corrected chi connectivity index (χ0v) is 20.1. The lowest BCUT2D eigenvalue weighted by Crippen LogP contribution is -2.28. The van der Waals surface area contributed by atoms with Crippen molar-refractivity contribution in [3.05, 3.63) is 76.5 Å². The van der Waals surface area contributed by atoms with Crippen molar-refractivity contribution in [2.75, 3.05) is 0 Å². The molecule has 0 fully saturated rings. The van der Waals surface area contributed by atoms with Gasteiger partial charge in [-0.1, -0.05) is 48.9 Å². The van der Waals surface area contributed by atoms with E-state index in [0.29, 0.717) is 23.8 Å². The van der Waals surface area contributed by atoms with Crippen molar-refractivity contribution in [3.63, 3.8) is 0 Å². The fraction of sp³-hybridized carbons (Fsp3) is 0.367. The lowest BCUT2D eigenvalue weighted by atomic mass is 9.74. The first-order chi connectivity index (χ1) is 16.5. The van der Waals surface area contributed by atoms with Crippen molar-refractivity contribution >= 4 is 28.7 Å². The summed E-state index contributed by atoms with van der Waals surface area (Å²) >= 11 is 0. The number of hydrogen-bond donors (Lipinski definition) is 0. The Morgan fingerprint density at radius 2 is 2.06 bits per heavy atom. The molecule has 1 aliphatic heterocycles. The van der Waals surface area contributed by atoms with Crippen molar-refractivity contribution in [2.45, 2.75) is 52.9 Å². The van der Waals surface area contributed by atoms with E-state index in [1.165, 1.54) is 27.6 Å². The Kier molecular flexibility index (Phi) is 6.07. The van der Waals surface area contributed by atoms with Crippen LogP contribution in [0.3, 0.4) is 0 Å². The monoisotopic (exact) mass is 453 g/mol. The van der Waals surface area contributed by atoms with Gasteiger partial charge in [0, 0.05) is 22.9 Å². The first kappa shape index (κ1) is 22.5. The molecule has 4 heteroatoms. The summed E-state index contributed by atoms with van der Waals surface area (Å²) in [6.07, 6.45) is 13.0. The molecule has 2 aromatic rings. The molecular weight excluding hydrogens is 422 g/mol. The van der Waals surface area contributed by atoms with Crippen LogP contribution in [0.2, 0.25) is 0 Å². The summed E-state index contributed by atoms with van der Waals surface area (Å²) < 4.78 is 5.36. The molecule has 3 aliphatic rings. The molecule has 0 N–H and O–H groups in total. The summed E-state index contributed by atoms with van der Waals surface area (Å²) in [4.78, 5) is 29.5. The minimum Gasteiger partial charge on any atom is -0.428 e. The van der Waals surface area contributed by atoms with Gasteiger partial charge in [0.15, 0.2) is 5.78 Å². The van der Waals surface area contributed by atoms with Crippen LogP contribution in [0.4, 0.5) is 0 Å². The van der Waals surface area contributed by atoms with Gasteiger partial charge in [-0.2, -0.15) is 0 Å². The average molecular weight is 454 g/mol. The third-order valence-corrected chi connectivity index (χ3v) is 7.75. The van der Waals surface area contributed by atoms with Crippen LogP contribution in [-0.4, -0.2) is 18.0 Å². The van der Waals surface area contributed by atoms with Crippen LogP contribution in [0.15, 0.2) is 64.8 Å². The van der Waals surface area contributed by atoms with Crippen LogP contribution < -0.4 is 4.74 Å². The number of carbonyl (C=O) groups is 2. The number of ketones is 1. The van der Waals surface area contributed by atoms with E-state index in [2.05, 4.69) is 45.1 Å². The zero-order valence-electron chi connectivity index (χ0n) is 20.1. The molecule has 0 bridgehead atoms. The molecule has 1 heterocycles. The highest BCUT2D eigenvalue weighted by molar-refractivity contribution is 6.05. The highest BCUT2D eigenvalue weighted by atomic mass is 16.5. The molecule has 3 atom stereocenters. The number of fused-ring (bicyclic) bond motifs is 4. The van der Waals surface area contributed by atoms with Crippen LogP contribution >= 0.6 is 0 Å². The molecule has 0 amide bonds. The molecule has 3 unspecified atom stereocenters. The van der Waals surface area contributed by atoms with Gasteiger partial charge in [0.05, 0.1) is 0 Å². The molecule has 0 spiro atoms. The quantitative estimate of drug-likeness (QED) is 0.503. The molecule has 5 rings (SSSR count). The van der Waals surface area contributed by atoms with Crippen LogP contribution in [0.25, 0.3) is 10.8 Å². The van der Waals surface area contributed by atoms with Crippen LogP contribution in [0.5, 0.6) is 5.75 Å². The number of aliphatic imine (C=N–C) groups is 1. The largest absolute Gasteiger partial charge is 0.428 e. The second kappa shape index (κ2) is 9.17. The maximum Gasteiger partial charge on any atom is 0.298 e. The van der Waals surface area contributed by atoms with Gasteiger partial charge in [-0.3, -0.25) is 9.59 Å². The van der Waals surface area contributed by atoms with Crippen molar-refractivity contribution in [2.24, 2.45) is 22.7 Å². The fourth-order valence-electron chi connectivity index (χ4n) is 5.85. The topological polar surface area (TPSA) is 55.7 Å². The van der Waals surface area contributed by atoms with E-state index in [1.54, 1.807) is 0 Å². The van der Waals surface area contributed by atoms with Gasteiger partial charge in [0.2, 0.25) is 0 Å². The summed E-state index contributed by atoms with van der Waals surface area (Å²) in [5.41, 5.74) is 6.58. The summed E-state index contributed by atoms with van der Waals surface area (Å²) in [5.74, 6) is 1.16. The lowest BCUT2D eigenvalue weighted by Gasteiger charge is -2.30. The number of nitrogens with zero attached hydrogens (tertiary/aromatic N) is 1. The van der Waals surface area contributed by atoms with E-state index in [1.807, 2.05) is 24.3 Å². The number of Topliss-reactive ketones (excluding diaryl/α,β-unsaturated/α-hetero) is 1. The number of aryl methyl sites for hydroxylation is 2. The summed E-state index contributed by atoms with van der Waals surface area (Å²) in [6.45, 7) is 6.76. The van der Waals surface area contributed by atoms with E-state index in [0.717, 1.165) is 43.2 Å². The molecule has 0 saturated heterocycles. The Morgan fingerprint density at radius 3 is 2.88 bits per heavy atom. The lowest BCUT2D eigenvalue weighted by molar-refractivity contribution is -0.121. The molecule has 174 valence electrons. The average Bonchev–Trinajstić information content (AvgIpc) is 3.05. The number of carbonyl (C=O) groups excluding carboxylic acids is 2. The Hall–Kier alpha value is -3.27. The van der Waals surface area contributed by atoms with Gasteiger partial charge in [-0.15, -0.1) is 0 Å². The Bertz CT molecular complexity index is 1290. The summed E-state index contributed by atoms with van der Waals surface area (Å²) in [5, 5.41) is 2.16. The standard InChI is InChI=1S/C30H31NO3/c1-18-10-13-26-22(14-18)7-5-9-27(31-26)30(33)20(3)21-11-12-24-23(15-21)16-28(34-17-32)25-8-4-6-19(2)29(24)25/h4,6,8-10,13-14,16-17,20-22H,5,7,11-12,15H2,1-3H3. The second-order valence-electron chi connectivity index (χ2n) is 9.93. The first-order valence-electron chi connectivity index (χ1n) is 12.3. The smallest absolute Gasteiger partial charge is 0.298 e. The Labute approximate surface area is 201 Å². The highest BCUT2D eigenvalue weighted by Crippen LogP contribution is 2.40. The van der Waals surface area contributed by atoms with Crippen molar-refractivity contribution in [3.8, 4) is 5.75 Å².